The van der Waals surface area contributed by atoms with Gasteiger partial charge in [-0.2, -0.15) is 0 Å². The lowest BCUT2D eigenvalue weighted by molar-refractivity contribution is 0.375. The smallest absolute Gasteiger partial charge is 0.149 e. The molecule has 1 rings (SSSR count). The van der Waals surface area contributed by atoms with Crippen LogP contribution in [0.5, 0.6) is 17.2 Å². The molecule has 0 aliphatic rings. The predicted octanol–water partition coefficient (Wildman–Crippen LogP) is 3.00. The van der Waals surface area contributed by atoms with E-state index >= 15 is 0 Å². The summed E-state index contributed by atoms with van der Waals surface area (Å²) < 4.78 is 16.1. The lowest BCUT2D eigenvalue weighted by Gasteiger charge is -2.27. The normalized spacial score (nSPS) is 10.2. The summed E-state index contributed by atoms with van der Waals surface area (Å²) in [6, 6.07) is 3.63. The van der Waals surface area contributed by atoms with Crippen molar-refractivity contribution in [3.8, 4) is 17.2 Å². The van der Waals surface area contributed by atoms with E-state index in [1.54, 1.807) is 21.3 Å². The molecule has 1 aromatic rings. The Morgan fingerprint density at radius 3 is 1.68 bits per heavy atom. The summed E-state index contributed by atoms with van der Waals surface area (Å²) in [6.45, 7) is 1.32. The molecule has 0 bridgehead atoms. The standard InChI is InChI=1S/C13H19Cl2NO3/c1-17-10-8-11(18-2)13(12(9-10)19-3)16(6-4-14)7-5-15/h8-9H,4-7H2,1-3H3. The van der Waals surface area contributed by atoms with Gasteiger partial charge in [-0.3, -0.25) is 0 Å². The van der Waals surface area contributed by atoms with Gasteiger partial charge in [0.05, 0.1) is 21.3 Å². The van der Waals surface area contributed by atoms with E-state index in [2.05, 4.69) is 0 Å². The number of nitrogens with zero attached hydrogens (tertiary/aromatic N) is 1. The van der Waals surface area contributed by atoms with Crippen LogP contribution in [0.15, 0.2) is 12.1 Å². The van der Waals surface area contributed by atoms with E-state index in [4.69, 9.17) is 37.4 Å². The zero-order valence-corrected chi connectivity index (χ0v) is 12.9. The summed E-state index contributed by atoms with van der Waals surface area (Å²) in [4.78, 5) is 2.04. The topological polar surface area (TPSA) is 30.9 Å². The van der Waals surface area contributed by atoms with E-state index in [1.807, 2.05) is 17.0 Å². The van der Waals surface area contributed by atoms with Crippen molar-refractivity contribution in [2.24, 2.45) is 0 Å². The second kappa shape index (κ2) is 8.23. The highest BCUT2D eigenvalue weighted by molar-refractivity contribution is 6.18. The quantitative estimate of drug-likeness (QED) is 0.691. The molecule has 108 valence electrons. The molecule has 0 saturated carbocycles. The monoisotopic (exact) mass is 307 g/mol. The second-order valence-electron chi connectivity index (χ2n) is 3.75. The van der Waals surface area contributed by atoms with Gasteiger partial charge in [0.25, 0.3) is 0 Å². The molecule has 19 heavy (non-hydrogen) atoms. The highest BCUT2D eigenvalue weighted by atomic mass is 35.5. The summed E-state index contributed by atoms with van der Waals surface area (Å²) in [6.07, 6.45) is 0. The molecule has 6 heteroatoms. The Morgan fingerprint density at radius 2 is 1.37 bits per heavy atom. The lowest BCUT2D eigenvalue weighted by atomic mass is 10.2. The van der Waals surface area contributed by atoms with Gasteiger partial charge in [-0.15, -0.1) is 23.2 Å². The molecule has 0 unspecified atom stereocenters. The summed E-state index contributed by atoms with van der Waals surface area (Å²) >= 11 is 11.7. The number of alkyl halides is 2. The molecule has 0 fully saturated rings. The van der Waals surface area contributed by atoms with Crippen molar-refractivity contribution in [2.75, 3.05) is 51.1 Å². The summed E-state index contributed by atoms with van der Waals surface area (Å²) in [5, 5.41) is 0. The van der Waals surface area contributed by atoms with Crippen LogP contribution in [0.25, 0.3) is 0 Å². The van der Waals surface area contributed by atoms with Gasteiger partial charge < -0.3 is 19.1 Å². The molecule has 0 radical (unpaired) electrons. The Bertz CT molecular complexity index is 370. The summed E-state index contributed by atoms with van der Waals surface area (Å²) in [7, 11) is 4.82. The van der Waals surface area contributed by atoms with Gasteiger partial charge in [-0.1, -0.05) is 0 Å². The van der Waals surface area contributed by atoms with E-state index in [9.17, 15) is 0 Å². The summed E-state index contributed by atoms with van der Waals surface area (Å²) in [5.74, 6) is 3.01. The third kappa shape index (κ3) is 3.98. The number of halogens is 2. The SMILES string of the molecule is COc1cc(OC)c(N(CCCl)CCCl)c(OC)c1. The van der Waals surface area contributed by atoms with Crippen LogP contribution in [0.2, 0.25) is 0 Å². The number of anilines is 1. The van der Waals surface area contributed by atoms with Gasteiger partial charge in [0.15, 0.2) is 0 Å². The fraction of sp³-hybridized carbons (Fsp3) is 0.538. The molecule has 0 amide bonds. The molecule has 0 aliphatic carbocycles. The molecular formula is C13H19Cl2NO3. The summed E-state index contributed by atoms with van der Waals surface area (Å²) in [5.41, 5.74) is 0.840. The average Bonchev–Trinajstić information content (AvgIpc) is 2.45. The van der Waals surface area contributed by atoms with Gasteiger partial charge in [0.2, 0.25) is 0 Å². The van der Waals surface area contributed by atoms with E-state index in [0.29, 0.717) is 42.1 Å². The molecular weight excluding hydrogens is 289 g/mol. The van der Waals surface area contributed by atoms with Crippen LogP contribution in [-0.2, 0) is 0 Å². The van der Waals surface area contributed by atoms with E-state index < -0.39 is 0 Å². The van der Waals surface area contributed by atoms with Crippen LogP contribution in [0.1, 0.15) is 0 Å². The van der Waals surface area contributed by atoms with Crippen molar-refractivity contribution in [3.63, 3.8) is 0 Å². The minimum atomic E-state index is 0.495. The van der Waals surface area contributed by atoms with Gasteiger partial charge in [-0.25, -0.2) is 0 Å². The maximum absolute atomic E-state index is 5.84. The van der Waals surface area contributed by atoms with Crippen LogP contribution in [0, 0.1) is 0 Å². The number of hydrogen-bond acceptors (Lipinski definition) is 4. The Kier molecular flexibility index (Phi) is 6.95. The molecule has 0 heterocycles. The van der Waals surface area contributed by atoms with Gasteiger partial charge >= 0.3 is 0 Å². The van der Waals surface area contributed by atoms with Crippen LogP contribution < -0.4 is 19.1 Å². The van der Waals surface area contributed by atoms with E-state index in [-0.39, 0.29) is 0 Å². The fourth-order valence-corrected chi connectivity index (χ4v) is 2.25. The van der Waals surface area contributed by atoms with Crippen molar-refractivity contribution in [1.82, 2.24) is 0 Å². The number of rotatable bonds is 8. The average molecular weight is 308 g/mol. The van der Waals surface area contributed by atoms with Crippen molar-refractivity contribution in [1.29, 1.82) is 0 Å². The fourth-order valence-electron chi connectivity index (χ4n) is 1.84. The number of methoxy groups -OCH3 is 3. The van der Waals surface area contributed by atoms with E-state index in [0.717, 1.165) is 5.69 Å². The Labute approximate surface area is 124 Å². The first-order valence-electron chi connectivity index (χ1n) is 5.88. The van der Waals surface area contributed by atoms with Gasteiger partial charge in [0, 0.05) is 37.0 Å². The van der Waals surface area contributed by atoms with Crippen molar-refractivity contribution in [3.05, 3.63) is 12.1 Å². The Hall–Kier alpha value is -1.00. The molecule has 0 aromatic heterocycles. The molecule has 0 saturated heterocycles. The third-order valence-electron chi connectivity index (χ3n) is 2.71. The van der Waals surface area contributed by atoms with Gasteiger partial charge in [0.1, 0.15) is 22.9 Å². The van der Waals surface area contributed by atoms with Crippen molar-refractivity contribution >= 4 is 28.9 Å². The molecule has 4 nitrogen and oxygen atoms in total. The highest BCUT2D eigenvalue weighted by Crippen LogP contribution is 2.41. The zero-order chi connectivity index (χ0) is 14.3. The van der Waals surface area contributed by atoms with E-state index in [1.165, 1.54) is 0 Å². The first kappa shape index (κ1) is 16.1. The van der Waals surface area contributed by atoms with Crippen LogP contribution in [0.3, 0.4) is 0 Å². The Morgan fingerprint density at radius 1 is 0.895 bits per heavy atom. The van der Waals surface area contributed by atoms with Crippen LogP contribution in [0.4, 0.5) is 5.69 Å². The molecule has 0 N–H and O–H groups in total. The largest absolute Gasteiger partial charge is 0.496 e. The van der Waals surface area contributed by atoms with Crippen LogP contribution in [-0.4, -0.2) is 46.2 Å². The van der Waals surface area contributed by atoms with Gasteiger partial charge in [-0.05, 0) is 0 Å². The first-order valence-corrected chi connectivity index (χ1v) is 6.95. The first-order chi connectivity index (χ1) is 9.21. The number of ether oxygens (including phenoxy) is 3. The highest BCUT2D eigenvalue weighted by Gasteiger charge is 2.19. The number of hydrogen-bond donors (Lipinski definition) is 0. The molecule has 0 aliphatic heterocycles. The second-order valence-corrected chi connectivity index (χ2v) is 4.50. The lowest BCUT2D eigenvalue weighted by Crippen LogP contribution is -2.28. The molecule has 1 aromatic carbocycles. The van der Waals surface area contributed by atoms with Crippen LogP contribution >= 0.6 is 23.2 Å². The third-order valence-corrected chi connectivity index (χ3v) is 3.05. The molecule has 0 atom stereocenters. The molecule has 0 spiro atoms. The number of benzene rings is 1. The minimum Gasteiger partial charge on any atom is -0.496 e. The maximum atomic E-state index is 5.84. The zero-order valence-electron chi connectivity index (χ0n) is 11.4. The van der Waals surface area contributed by atoms with Crippen molar-refractivity contribution < 1.29 is 14.2 Å². The van der Waals surface area contributed by atoms with Crippen molar-refractivity contribution in [2.45, 2.75) is 0 Å². The predicted molar refractivity (Wildman–Crippen MR) is 79.8 cm³/mol. The Balaban J connectivity index is 3.27. The minimum absolute atomic E-state index is 0.495. The maximum Gasteiger partial charge on any atom is 0.149 e.